The predicted molar refractivity (Wildman–Crippen MR) is 124 cm³/mol. The molecule has 2 N–H and O–H groups in total. The van der Waals surface area contributed by atoms with Gasteiger partial charge in [0, 0.05) is 18.5 Å². The van der Waals surface area contributed by atoms with Crippen molar-refractivity contribution in [2.45, 2.75) is 32.2 Å². The van der Waals surface area contributed by atoms with Crippen LogP contribution in [0.4, 0.5) is 0 Å². The summed E-state index contributed by atoms with van der Waals surface area (Å²) in [5.74, 6) is 0.222. The molecule has 31 heavy (non-hydrogen) atoms. The molecule has 0 unspecified atom stereocenters. The Balaban J connectivity index is 1.46. The molecule has 1 saturated heterocycles. The monoisotopic (exact) mass is 434 g/mol. The molecule has 1 aliphatic heterocycles. The lowest BCUT2D eigenvalue weighted by Crippen LogP contribution is -2.46. The minimum Gasteiger partial charge on any atom is -0.347 e. The molecule has 4 aromatic rings. The Morgan fingerprint density at radius 1 is 1.26 bits per heavy atom. The average Bonchev–Trinajstić information content (AvgIpc) is 3.37. The van der Waals surface area contributed by atoms with Crippen LogP contribution in [0.15, 0.2) is 36.8 Å². The van der Waals surface area contributed by atoms with Gasteiger partial charge in [-0.1, -0.05) is 29.5 Å². The molecule has 160 valence electrons. The van der Waals surface area contributed by atoms with Gasteiger partial charge in [0.15, 0.2) is 0 Å². The lowest BCUT2D eigenvalue weighted by atomic mass is 9.90. The summed E-state index contributed by atoms with van der Waals surface area (Å²) < 4.78 is 1.98. The van der Waals surface area contributed by atoms with Crippen LogP contribution in [-0.4, -0.2) is 38.5 Å². The third kappa shape index (κ3) is 3.70. The van der Waals surface area contributed by atoms with Crippen molar-refractivity contribution in [1.82, 2.24) is 30.2 Å². The normalized spacial score (nSPS) is 15.6. The van der Waals surface area contributed by atoms with E-state index in [9.17, 15) is 4.79 Å². The zero-order valence-corrected chi connectivity index (χ0v) is 18.8. The maximum Gasteiger partial charge on any atom is 0.223 e. The van der Waals surface area contributed by atoms with E-state index in [0.717, 1.165) is 63.4 Å². The highest BCUT2D eigenvalue weighted by molar-refractivity contribution is 7.21. The largest absolute Gasteiger partial charge is 0.347 e. The highest BCUT2D eigenvalue weighted by Gasteiger charge is 2.28. The number of hydrogen-bond donors (Lipinski definition) is 2. The summed E-state index contributed by atoms with van der Waals surface area (Å²) in [5.41, 5.74) is 4.34. The predicted octanol–water partition coefficient (Wildman–Crippen LogP) is 3.60. The molecule has 0 saturated carbocycles. The number of hydrogen-bond acceptors (Lipinski definition) is 6. The molecule has 0 radical (unpaired) electrons. The Kier molecular flexibility index (Phi) is 4.98. The van der Waals surface area contributed by atoms with Crippen molar-refractivity contribution in [3.05, 3.63) is 42.4 Å². The van der Waals surface area contributed by atoms with E-state index in [1.54, 1.807) is 23.9 Å². The first-order valence-corrected chi connectivity index (χ1v) is 11.4. The first kappa shape index (κ1) is 20.1. The van der Waals surface area contributed by atoms with Gasteiger partial charge in [-0.05, 0) is 51.4 Å². The number of pyridine rings is 1. The van der Waals surface area contributed by atoms with Crippen molar-refractivity contribution in [2.75, 3.05) is 13.1 Å². The number of piperidine rings is 1. The zero-order valence-electron chi connectivity index (χ0n) is 18.0. The molecule has 0 aliphatic carbocycles. The molecule has 0 spiro atoms. The van der Waals surface area contributed by atoms with Crippen LogP contribution in [0.25, 0.3) is 32.0 Å². The van der Waals surface area contributed by atoms with Crippen LogP contribution >= 0.6 is 11.3 Å². The number of fused-ring (bicyclic) bond motifs is 3. The van der Waals surface area contributed by atoms with Crippen molar-refractivity contribution in [3.8, 4) is 10.6 Å². The fourth-order valence-corrected chi connectivity index (χ4v) is 5.14. The van der Waals surface area contributed by atoms with Crippen LogP contribution in [0.5, 0.6) is 0 Å². The second-order valence-corrected chi connectivity index (χ2v) is 9.72. The van der Waals surface area contributed by atoms with Gasteiger partial charge >= 0.3 is 0 Å². The summed E-state index contributed by atoms with van der Waals surface area (Å²) >= 11 is 1.58. The molecule has 7 nitrogen and oxygen atoms in total. The van der Waals surface area contributed by atoms with Gasteiger partial charge < -0.3 is 15.2 Å². The highest BCUT2D eigenvalue weighted by atomic mass is 32.1. The standard InChI is InChI=1S/C23H26N6OS/c1-23(2,28-20(30)14-7-9-24-10-8-14)16-6-4-5-15(11-16)21-27-18-19-17(26-13-29(19)3)12-25-22(18)31-21/h4-6,11-14,24H,7-10H2,1-3H3,(H,28,30). The van der Waals surface area contributed by atoms with E-state index in [1.807, 2.05) is 17.7 Å². The highest BCUT2D eigenvalue weighted by Crippen LogP contribution is 2.34. The summed E-state index contributed by atoms with van der Waals surface area (Å²) in [6.07, 6.45) is 5.38. The van der Waals surface area contributed by atoms with Crippen LogP contribution in [0.2, 0.25) is 0 Å². The van der Waals surface area contributed by atoms with Crippen molar-refractivity contribution < 1.29 is 4.79 Å². The summed E-state index contributed by atoms with van der Waals surface area (Å²) in [5, 5.41) is 7.50. The molecule has 8 heteroatoms. The number of amides is 1. The van der Waals surface area contributed by atoms with E-state index < -0.39 is 5.54 Å². The van der Waals surface area contributed by atoms with Crippen molar-refractivity contribution in [2.24, 2.45) is 13.0 Å². The van der Waals surface area contributed by atoms with Crippen molar-refractivity contribution in [1.29, 1.82) is 0 Å². The summed E-state index contributed by atoms with van der Waals surface area (Å²) in [4.78, 5) is 27.6. The zero-order chi connectivity index (χ0) is 21.6. The summed E-state index contributed by atoms with van der Waals surface area (Å²) in [7, 11) is 1.97. The van der Waals surface area contributed by atoms with Crippen LogP contribution in [0, 0.1) is 5.92 Å². The SMILES string of the molecule is Cn1cnc2cnc3sc(-c4cccc(C(C)(C)NC(=O)C5CCNCC5)c4)nc3c21. The van der Waals surface area contributed by atoms with Gasteiger partial charge in [-0.15, -0.1) is 0 Å². The Morgan fingerprint density at radius 3 is 2.87 bits per heavy atom. The number of nitrogens with zero attached hydrogens (tertiary/aromatic N) is 4. The second kappa shape index (κ2) is 7.69. The lowest BCUT2D eigenvalue weighted by molar-refractivity contribution is -0.127. The fourth-order valence-electron chi connectivity index (χ4n) is 4.24. The Hall–Kier alpha value is -2.84. The van der Waals surface area contributed by atoms with Gasteiger partial charge in [-0.2, -0.15) is 0 Å². The molecule has 1 aromatic carbocycles. The number of aromatic nitrogens is 4. The molecule has 0 atom stereocenters. The minimum absolute atomic E-state index is 0.0837. The molecule has 1 aliphatic rings. The molecular formula is C23H26N6OS. The average molecular weight is 435 g/mol. The number of rotatable bonds is 4. The van der Waals surface area contributed by atoms with E-state index >= 15 is 0 Å². The van der Waals surface area contributed by atoms with Crippen molar-refractivity contribution >= 4 is 38.6 Å². The van der Waals surface area contributed by atoms with Crippen molar-refractivity contribution in [3.63, 3.8) is 0 Å². The Morgan fingerprint density at radius 2 is 2.06 bits per heavy atom. The molecule has 4 heterocycles. The van der Waals surface area contributed by atoms with Gasteiger partial charge in [0.05, 0.1) is 23.6 Å². The van der Waals surface area contributed by atoms with Crippen LogP contribution in [0.3, 0.4) is 0 Å². The van der Waals surface area contributed by atoms with Crippen LogP contribution in [0.1, 0.15) is 32.3 Å². The van der Waals surface area contributed by atoms with Gasteiger partial charge in [0.2, 0.25) is 5.91 Å². The number of thiazole rings is 1. The first-order chi connectivity index (χ1) is 14.9. The van der Waals surface area contributed by atoms with E-state index in [-0.39, 0.29) is 11.8 Å². The van der Waals surface area contributed by atoms with Crippen LogP contribution < -0.4 is 10.6 Å². The topological polar surface area (TPSA) is 84.7 Å². The number of carbonyl (C=O) groups excluding carboxylic acids is 1. The molecule has 1 fully saturated rings. The quantitative estimate of drug-likeness (QED) is 0.513. The number of carbonyl (C=O) groups is 1. The van der Waals surface area contributed by atoms with E-state index in [1.165, 1.54) is 0 Å². The van der Waals surface area contributed by atoms with E-state index in [0.29, 0.717) is 0 Å². The van der Waals surface area contributed by atoms with Gasteiger partial charge in [0.1, 0.15) is 20.9 Å². The maximum atomic E-state index is 12.8. The Labute approximate surface area is 184 Å². The van der Waals surface area contributed by atoms with Gasteiger partial charge in [-0.25, -0.2) is 15.0 Å². The Bertz CT molecular complexity index is 1270. The lowest BCUT2D eigenvalue weighted by Gasteiger charge is -2.31. The maximum absolute atomic E-state index is 12.8. The first-order valence-electron chi connectivity index (χ1n) is 10.6. The summed E-state index contributed by atoms with van der Waals surface area (Å²) in [6, 6.07) is 8.28. The third-order valence-electron chi connectivity index (χ3n) is 6.08. The number of benzene rings is 1. The molecule has 1 amide bonds. The van der Waals surface area contributed by atoms with E-state index in [2.05, 4.69) is 52.6 Å². The number of imidazole rings is 1. The fraction of sp³-hybridized carbons (Fsp3) is 0.391. The molecular weight excluding hydrogens is 408 g/mol. The number of aryl methyl sites for hydroxylation is 1. The van der Waals surface area contributed by atoms with Crippen LogP contribution in [-0.2, 0) is 17.4 Å². The molecule has 3 aromatic heterocycles. The third-order valence-corrected chi connectivity index (χ3v) is 7.09. The second-order valence-electron chi connectivity index (χ2n) is 8.74. The van der Waals surface area contributed by atoms with Gasteiger partial charge in [-0.3, -0.25) is 4.79 Å². The summed E-state index contributed by atoms with van der Waals surface area (Å²) in [6.45, 7) is 5.93. The smallest absolute Gasteiger partial charge is 0.223 e. The number of nitrogens with one attached hydrogen (secondary N) is 2. The van der Waals surface area contributed by atoms with Gasteiger partial charge in [0.25, 0.3) is 0 Å². The molecule has 5 rings (SSSR count). The van der Waals surface area contributed by atoms with E-state index in [4.69, 9.17) is 4.98 Å². The minimum atomic E-state index is -0.470. The molecule has 0 bridgehead atoms.